The second-order valence-corrected chi connectivity index (χ2v) is 3.58. The average Bonchev–Trinajstić information content (AvgIpc) is 2.64. The third-order valence-electron chi connectivity index (χ3n) is 2.44. The van der Waals surface area contributed by atoms with Crippen molar-refractivity contribution in [2.24, 2.45) is 0 Å². The van der Waals surface area contributed by atoms with Crippen LogP contribution in [0.1, 0.15) is 12.0 Å². The second-order valence-electron chi connectivity index (χ2n) is 3.58. The van der Waals surface area contributed by atoms with Gasteiger partial charge in [-0.05, 0) is 12.5 Å². The molecule has 2 heterocycles. The number of aromatic nitrogens is 1. The molecule has 0 saturated carbocycles. The van der Waals surface area contributed by atoms with Gasteiger partial charge in [-0.15, -0.1) is 0 Å². The van der Waals surface area contributed by atoms with Gasteiger partial charge in [0.15, 0.2) is 0 Å². The van der Waals surface area contributed by atoms with Crippen LogP contribution in [0.3, 0.4) is 0 Å². The van der Waals surface area contributed by atoms with E-state index in [-0.39, 0.29) is 0 Å². The maximum atomic E-state index is 13.0. The van der Waals surface area contributed by atoms with Crippen LogP contribution >= 0.6 is 0 Å². The van der Waals surface area contributed by atoms with E-state index < -0.39 is 6.17 Å². The maximum absolute atomic E-state index is 13.0. The molecule has 0 N–H and O–H groups in total. The number of nitrogens with zero attached hydrogens (tertiary/aromatic N) is 3. The van der Waals surface area contributed by atoms with Crippen LogP contribution in [-0.4, -0.2) is 32.1 Å². The van der Waals surface area contributed by atoms with Crippen LogP contribution < -0.4 is 10.4 Å². The van der Waals surface area contributed by atoms with Crippen molar-refractivity contribution in [2.75, 3.05) is 18.0 Å². The quantitative estimate of drug-likeness (QED) is 0.613. The Morgan fingerprint density at radius 3 is 3.07 bits per heavy atom. The van der Waals surface area contributed by atoms with Gasteiger partial charge in [0.05, 0.1) is 12.1 Å². The lowest BCUT2D eigenvalue weighted by Gasteiger charge is -2.17. The van der Waals surface area contributed by atoms with Gasteiger partial charge in [0.25, 0.3) is 0 Å². The molecule has 1 atom stereocenters. The standard InChI is InChI=1S/C10H9BFN3/c11-8-3-7(4-13)10(14-5-8)15-2-1-9(12)6-15/h3,5,9H,1-2,6H2. The van der Waals surface area contributed by atoms with Crippen LogP contribution in [-0.2, 0) is 0 Å². The first kappa shape index (κ1) is 9.97. The van der Waals surface area contributed by atoms with Crippen LogP contribution in [0.5, 0.6) is 0 Å². The molecule has 0 aromatic carbocycles. The molecule has 1 aromatic heterocycles. The average molecular weight is 201 g/mol. The van der Waals surface area contributed by atoms with Crippen LogP contribution in [0, 0.1) is 11.3 Å². The SMILES string of the molecule is [B]c1cnc(N2CCC(F)C2)c(C#N)c1. The highest BCUT2D eigenvalue weighted by molar-refractivity contribution is 6.32. The van der Waals surface area contributed by atoms with Crippen LogP contribution in [0.2, 0.25) is 0 Å². The van der Waals surface area contributed by atoms with Crippen molar-refractivity contribution in [3.63, 3.8) is 0 Å². The molecular weight excluding hydrogens is 192 g/mol. The fourth-order valence-corrected chi connectivity index (χ4v) is 1.72. The molecule has 1 aliphatic heterocycles. The minimum atomic E-state index is -0.823. The number of hydrogen-bond donors (Lipinski definition) is 0. The normalized spacial score (nSPS) is 20.3. The fraction of sp³-hybridized carbons (Fsp3) is 0.400. The van der Waals surface area contributed by atoms with E-state index in [0.29, 0.717) is 36.4 Å². The summed E-state index contributed by atoms with van der Waals surface area (Å²) in [5.74, 6) is 0.534. The summed E-state index contributed by atoms with van der Waals surface area (Å²) in [7, 11) is 5.52. The van der Waals surface area contributed by atoms with Gasteiger partial charge >= 0.3 is 0 Å². The van der Waals surface area contributed by atoms with Gasteiger partial charge in [-0.25, -0.2) is 9.37 Å². The molecule has 0 spiro atoms. The summed E-state index contributed by atoms with van der Waals surface area (Å²) < 4.78 is 13.0. The first-order valence-electron chi connectivity index (χ1n) is 4.75. The number of hydrogen-bond acceptors (Lipinski definition) is 3. The Kier molecular flexibility index (Phi) is 2.59. The number of anilines is 1. The first-order valence-corrected chi connectivity index (χ1v) is 4.75. The first-order chi connectivity index (χ1) is 7.20. The zero-order valence-electron chi connectivity index (χ0n) is 8.15. The van der Waals surface area contributed by atoms with E-state index in [1.54, 1.807) is 11.0 Å². The van der Waals surface area contributed by atoms with E-state index in [0.717, 1.165) is 0 Å². The molecule has 1 aliphatic rings. The number of pyridine rings is 1. The van der Waals surface area contributed by atoms with Crippen molar-refractivity contribution < 1.29 is 4.39 Å². The van der Waals surface area contributed by atoms with Gasteiger partial charge < -0.3 is 4.90 Å². The topological polar surface area (TPSA) is 39.9 Å². The molecule has 0 aliphatic carbocycles. The molecule has 2 rings (SSSR count). The third kappa shape index (κ3) is 1.94. The molecular formula is C10H9BFN3. The van der Waals surface area contributed by atoms with Crippen molar-refractivity contribution in [3.8, 4) is 6.07 Å². The molecule has 1 unspecified atom stereocenters. The van der Waals surface area contributed by atoms with Gasteiger partial charge in [-0.2, -0.15) is 5.26 Å². The van der Waals surface area contributed by atoms with Gasteiger partial charge in [-0.3, -0.25) is 0 Å². The molecule has 0 amide bonds. The van der Waals surface area contributed by atoms with E-state index in [4.69, 9.17) is 13.1 Å². The van der Waals surface area contributed by atoms with Gasteiger partial charge in [0.1, 0.15) is 25.9 Å². The summed E-state index contributed by atoms with van der Waals surface area (Å²) in [4.78, 5) is 5.86. The maximum Gasteiger partial charge on any atom is 0.146 e. The Labute approximate surface area is 88.9 Å². The highest BCUT2D eigenvalue weighted by atomic mass is 19.1. The van der Waals surface area contributed by atoms with E-state index in [1.807, 2.05) is 6.07 Å². The van der Waals surface area contributed by atoms with E-state index in [1.165, 1.54) is 6.20 Å². The Morgan fingerprint density at radius 1 is 1.67 bits per heavy atom. The van der Waals surface area contributed by atoms with E-state index in [9.17, 15) is 4.39 Å². The summed E-state index contributed by atoms with van der Waals surface area (Å²) >= 11 is 0. The predicted molar refractivity (Wildman–Crippen MR) is 56.1 cm³/mol. The molecule has 1 saturated heterocycles. The Balaban J connectivity index is 2.32. The number of rotatable bonds is 1. The van der Waals surface area contributed by atoms with Crippen molar-refractivity contribution in [1.29, 1.82) is 5.26 Å². The van der Waals surface area contributed by atoms with Gasteiger partial charge in [-0.1, -0.05) is 5.46 Å². The largest absolute Gasteiger partial charge is 0.353 e. The van der Waals surface area contributed by atoms with Crippen molar-refractivity contribution in [1.82, 2.24) is 4.98 Å². The molecule has 2 radical (unpaired) electrons. The lowest BCUT2D eigenvalue weighted by molar-refractivity contribution is 0.364. The zero-order valence-corrected chi connectivity index (χ0v) is 8.15. The Hall–Kier alpha value is -1.57. The van der Waals surface area contributed by atoms with Crippen molar-refractivity contribution in [2.45, 2.75) is 12.6 Å². The molecule has 74 valence electrons. The summed E-state index contributed by atoms with van der Waals surface area (Å²) in [5.41, 5.74) is 0.857. The minimum Gasteiger partial charge on any atom is -0.353 e. The Morgan fingerprint density at radius 2 is 2.47 bits per heavy atom. The predicted octanol–water partition coefficient (Wildman–Crippen LogP) is 0.295. The molecule has 1 aromatic rings. The Bertz CT molecular complexity index is 416. The summed E-state index contributed by atoms with van der Waals surface area (Å²) in [6.07, 6.45) is 1.16. The molecule has 0 bridgehead atoms. The fourth-order valence-electron chi connectivity index (χ4n) is 1.72. The lowest BCUT2D eigenvalue weighted by Crippen LogP contribution is -2.23. The number of halogens is 1. The lowest BCUT2D eigenvalue weighted by atomic mass is 9.97. The number of alkyl halides is 1. The van der Waals surface area contributed by atoms with Crippen LogP contribution in [0.4, 0.5) is 10.2 Å². The molecule has 3 nitrogen and oxygen atoms in total. The number of nitriles is 1. The molecule has 15 heavy (non-hydrogen) atoms. The highest BCUT2D eigenvalue weighted by Gasteiger charge is 2.24. The van der Waals surface area contributed by atoms with Crippen molar-refractivity contribution >= 4 is 19.1 Å². The minimum absolute atomic E-state index is 0.311. The zero-order chi connectivity index (χ0) is 10.8. The van der Waals surface area contributed by atoms with E-state index in [2.05, 4.69) is 4.98 Å². The second kappa shape index (κ2) is 3.89. The van der Waals surface area contributed by atoms with Gasteiger partial charge in [0, 0.05) is 12.7 Å². The third-order valence-corrected chi connectivity index (χ3v) is 2.44. The summed E-state index contributed by atoms with van der Waals surface area (Å²) in [6.45, 7) is 0.915. The summed E-state index contributed by atoms with van der Waals surface area (Å²) in [5, 5.41) is 8.90. The smallest absolute Gasteiger partial charge is 0.146 e. The monoisotopic (exact) mass is 201 g/mol. The highest BCUT2D eigenvalue weighted by Crippen LogP contribution is 2.22. The van der Waals surface area contributed by atoms with Crippen LogP contribution in [0.25, 0.3) is 0 Å². The van der Waals surface area contributed by atoms with Crippen molar-refractivity contribution in [3.05, 3.63) is 17.8 Å². The van der Waals surface area contributed by atoms with Gasteiger partial charge in [0.2, 0.25) is 0 Å². The molecule has 5 heteroatoms. The van der Waals surface area contributed by atoms with E-state index >= 15 is 0 Å². The van der Waals surface area contributed by atoms with Crippen LogP contribution in [0.15, 0.2) is 12.3 Å². The molecule has 1 fully saturated rings. The summed E-state index contributed by atoms with van der Waals surface area (Å²) in [6, 6.07) is 3.58.